The van der Waals surface area contributed by atoms with Crippen LogP contribution in [0.2, 0.25) is 0 Å². The molecule has 0 saturated heterocycles. The highest BCUT2D eigenvalue weighted by Gasteiger charge is 2.23. The number of hydrogen-bond acceptors (Lipinski definition) is 10. The zero-order chi connectivity index (χ0) is 29.5. The van der Waals surface area contributed by atoms with Crippen LogP contribution in [-0.2, 0) is 29.1 Å². The summed E-state index contributed by atoms with van der Waals surface area (Å²) in [5.74, 6) is -1.61. The molecule has 4 aromatic rings. The molecule has 0 atom stereocenters. The second kappa shape index (κ2) is 12.4. The number of ether oxygens (including phenoxy) is 2. The van der Waals surface area contributed by atoms with Crippen molar-refractivity contribution in [2.45, 2.75) is 19.6 Å². The molecule has 0 radical (unpaired) electrons. The molecule has 0 aliphatic heterocycles. The average molecular weight is 557 g/mol. The minimum atomic E-state index is -0.805. The van der Waals surface area contributed by atoms with Crippen molar-refractivity contribution in [2.75, 3.05) is 11.5 Å². The number of nitrogens with zero attached hydrogens (tertiary/aromatic N) is 2. The van der Waals surface area contributed by atoms with E-state index >= 15 is 0 Å². The lowest BCUT2D eigenvalue weighted by atomic mass is 9.94. The van der Waals surface area contributed by atoms with Gasteiger partial charge in [-0.05, 0) is 41.8 Å². The molecule has 0 aromatic heterocycles. The van der Waals surface area contributed by atoms with Gasteiger partial charge < -0.3 is 20.9 Å². The number of para-hydroxylation sites is 2. The Morgan fingerprint density at radius 2 is 0.951 bits per heavy atom. The molecule has 4 N–H and O–H groups in total. The van der Waals surface area contributed by atoms with Crippen LogP contribution in [0.4, 0.5) is 22.7 Å². The van der Waals surface area contributed by atoms with Crippen molar-refractivity contribution >= 4 is 34.7 Å². The summed E-state index contributed by atoms with van der Waals surface area (Å²) >= 11 is 0. The normalized spacial score (nSPS) is 10.5. The molecule has 12 heteroatoms. The third kappa shape index (κ3) is 6.45. The number of anilines is 2. The number of nitro benzene ring substituents is 2. The molecule has 0 unspecified atom stereocenters. The Labute approximate surface area is 233 Å². The van der Waals surface area contributed by atoms with Crippen LogP contribution in [0.25, 0.3) is 0 Å². The first-order valence-corrected chi connectivity index (χ1v) is 12.2. The number of nitrogens with two attached hydrogens (primary N) is 2. The highest BCUT2D eigenvalue weighted by Crippen LogP contribution is 2.28. The van der Waals surface area contributed by atoms with E-state index in [0.29, 0.717) is 11.1 Å². The first-order chi connectivity index (χ1) is 19.7. The molecule has 0 amide bonds. The van der Waals surface area contributed by atoms with Gasteiger partial charge in [-0.2, -0.15) is 0 Å². The van der Waals surface area contributed by atoms with Gasteiger partial charge in [-0.25, -0.2) is 9.59 Å². The summed E-state index contributed by atoms with van der Waals surface area (Å²) in [4.78, 5) is 47.7. The van der Waals surface area contributed by atoms with Crippen LogP contribution < -0.4 is 11.5 Å². The molecule has 12 nitrogen and oxygen atoms in total. The summed E-state index contributed by atoms with van der Waals surface area (Å²) in [6, 6.07) is 21.3. The zero-order valence-electron chi connectivity index (χ0n) is 21.5. The van der Waals surface area contributed by atoms with Crippen LogP contribution in [0, 0.1) is 20.2 Å². The van der Waals surface area contributed by atoms with Crippen molar-refractivity contribution in [1.82, 2.24) is 0 Å². The zero-order valence-corrected chi connectivity index (χ0v) is 21.5. The van der Waals surface area contributed by atoms with E-state index in [4.69, 9.17) is 20.9 Å². The van der Waals surface area contributed by atoms with Crippen LogP contribution >= 0.6 is 0 Å². The number of esters is 2. The number of rotatable bonds is 10. The van der Waals surface area contributed by atoms with Crippen molar-refractivity contribution in [3.63, 3.8) is 0 Å². The molecule has 208 valence electrons. The summed E-state index contributed by atoms with van der Waals surface area (Å²) < 4.78 is 10.8. The van der Waals surface area contributed by atoms with Crippen molar-refractivity contribution in [3.05, 3.63) is 139 Å². The Morgan fingerprint density at radius 1 is 0.585 bits per heavy atom. The first-order valence-electron chi connectivity index (χ1n) is 12.2. The Morgan fingerprint density at radius 3 is 1.34 bits per heavy atom. The van der Waals surface area contributed by atoms with Gasteiger partial charge in [0.05, 0.1) is 32.1 Å². The SMILES string of the molecule is Nc1cccc(Cc2cccc(N)c2C(=O)OCc2ccccc2[N+](=O)[O-])c1C(=O)OCc1ccccc1[N+](=O)[O-]. The lowest BCUT2D eigenvalue weighted by Gasteiger charge is -2.15. The topological polar surface area (TPSA) is 191 Å². The number of hydrogen-bond donors (Lipinski definition) is 2. The van der Waals surface area contributed by atoms with E-state index in [2.05, 4.69) is 0 Å². The molecule has 0 aliphatic rings. The van der Waals surface area contributed by atoms with E-state index in [-0.39, 0.29) is 64.6 Å². The van der Waals surface area contributed by atoms with Gasteiger partial charge in [-0.1, -0.05) is 48.5 Å². The molecule has 0 aliphatic carbocycles. The number of benzene rings is 4. The smallest absolute Gasteiger partial charge is 0.340 e. The molecule has 0 spiro atoms. The molecule has 0 saturated carbocycles. The van der Waals surface area contributed by atoms with Crippen molar-refractivity contribution < 1.29 is 28.9 Å². The van der Waals surface area contributed by atoms with Crippen LogP contribution in [0.1, 0.15) is 43.0 Å². The standard InChI is InChI=1S/C29H24N4O8/c30-22-11-5-9-18(26(22)28(34)40-16-20-7-1-3-13-24(20)32(36)37)15-19-10-6-12-23(31)27(19)29(35)41-17-21-8-2-4-14-25(21)33(38)39/h1-14H,15-17,30-31H2. The van der Waals surface area contributed by atoms with Crippen molar-refractivity contribution in [3.8, 4) is 0 Å². The Balaban J connectivity index is 1.58. The number of nitro groups is 2. The molecule has 0 heterocycles. The summed E-state index contributed by atoms with van der Waals surface area (Å²) in [6.07, 6.45) is 0.0297. The first kappa shape index (κ1) is 28.2. The number of carbonyl (C=O) groups excluding carboxylic acids is 2. The molecule has 0 bridgehead atoms. The second-order valence-corrected chi connectivity index (χ2v) is 8.86. The van der Waals surface area contributed by atoms with Crippen molar-refractivity contribution in [2.24, 2.45) is 0 Å². The lowest BCUT2D eigenvalue weighted by molar-refractivity contribution is -0.386. The minimum absolute atomic E-state index is 0.0297. The number of nitrogen functional groups attached to an aromatic ring is 2. The van der Waals surface area contributed by atoms with Gasteiger partial charge in [0.2, 0.25) is 0 Å². The summed E-state index contributed by atoms with van der Waals surface area (Å²) in [5.41, 5.74) is 13.4. The van der Waals surface area contributed by atoms with Gasteiger partial charge >= 0.3 is 11.9 Å². The molecule has 4 rings (SSSR count). The average Bonchev–Trinajstić information content (AvgIpc) is 2.95. The predicted octanol–water partition coefficient (Wildman–Crippen LogP) is 4.97. The maximum absolute atomic E-state index is 13.1. The van der Waals surface area contributed by atoms with E-state index in [0.717, 1.165) is 0 Å². The quantitative estimate of drug-likeness (QED) is 0.117. The summed E-state index contributed by atoms with van der Waals surface area (Å²) in [6.45, 7) is -0.712. The highest BCUT2D eigenvalue weighted by atomic mass is 16.6. The van der Waals surface area contributed by atoms with Crippen LogP contribution in [0.15, 0.2) is 84.9 Å². The minimum Gasteiger partial charge on any atom is -0.457 e. The van der Waals surface area contributed by atoms with E-state index in [9.17, 15) is 29.8 Å². The predicted molar refractivity (Wildman–Crippen MR) is 149 cm³/mol. The lowest BCUT2D eigenvalue weighted by Crippen LogP contribution is -2.15. The summed E-state index contributed by atoms with van der Waals surface area (Å²) in [7, 11) is 0. The fourth-order valence-electron chi connectivity index (χ4n) is 4.29. The fourth-order valence-corrected chi connectivity index (χ4v) is 4.29. The molecule has 4 aromatic carbocycles. The fraction of sp³-hybridized carbons (Fsp3) is 0.103. The Kier molecular flexibility index (Phi) is 8.53. The van der Waals surface area contributed by atoms with Crippen LogP contribution in [0.3, 0.4) is 0 Å². The van der Waals surface area contributed by atoms with Gasteiger partial charge in [0.15, 0.2) is 0 Å². The van der Waals surface area contributed by atoms with Crippen LogP contribution in [0.5, 0.6) is 0 Å². The molecular formula is C29H24N4O8. The highest BCUT2D eigenvalue weighted by molar-refractivity contribution is 5.98. The summed E-state index contributed by atoms with van der Waals surface area (Å²) in [5, 5.41) is 22.6. The monoisotopic (exact) mass is 556 g/mol. The Hall–Kier alpha value is -5.78. The van der Waals surface area contributed by atoms with Crippen LogP contribution in [-0.4, -0.2) is 21.8 Å². The maximum Gasteiger partial charge on any atom is 0.340 e. The van der Waals surface area contributed by atoms with Crippen molar-refractivity contribution in [1.29, 1.82) is 0 Å². The molecule has 41 heavy (non-hydrogen) atoms. The molecule has 0 fully saturated rings. The molecular weight excluding hydrogens is 532 g/mol. The maximum atomic E-state index is 13.1. The van der Waals surface area contributed by atoms with Gasteiger partial charge in [0.1, 0.15) is 13.2 Å². The third-order valence-electron chi connectivity index (χ3n) is 6.25. The largest absolute Gasteiger partial charge is 0.457 e. The van der Waals surface area contributed by atoms with Gasteiger partial charge in [-0.3, -0.25) is 20.2 Å². The Bertz CT molecular complexity index is 1530. The van der Waals surface area contributed by atoms with E-state index < -0.39 is 21.8 Å². The van der Waals surface area contributed by atoms with E-state index in [1.807, 2.05) is 0 Å². The van der Waals surface area contributed by atoms with E-state index in [1.165, 1.54) is 48.5 Å². The van der Waals surface area contributed by atoms with E-state index in [1.54, 1.807) is 36.4 Å². The van der Waals surface area contributed by atoms with Gasteiger partial charge in [-0.15, -0.1) is 0 Å². The van der Waals surface area contributed by atoms with Gasteiger partial charge in [0, 0.05) is 23.5 Å². The number of carbonyl (C=O) groups is 2. The van der Waals surface area contributed by atoms with Gasteiger partial charge in [0.25, 0.3) is 11.4 Å². The third-order valence-corrected chi connectivity index (χ3v) is 6.25. The second-order valence-electron chi connectivity index (χ2n) is 8.86.